The second-order valence-corrected chi connectivity index (χ2v) is 4.71. The molecule has 0 aromatic heterocycles. The number of unbranched alkanes of at least 4 members (excludes halogenated alkanes) is 3. The first kappa shape index (κ1) is 15.0. The summed E-state index contributed by atoms with van der Waals surface area (Å²) < 4.78 is 0. The standard InChI is InChI=1S/C14H31N/c1-4-7-9-11-14(10-6-3)13-15-12-8-5-2/h14-15H,4-13H2,1-3H3. The zero-order valence-electron chi connectivity index (χ0n) is 11.1. The highest BCUT2D eigenvalue weighted by molar-refractivity contribution is 4.62. The molecule has 0 heterocycles. The number of hydrogen-bond acceptors (Lipinski definition) is 1. The zero-order chi connectivity index (χ0) is 11.4. The lowest BCUT2D eigenvalue weighted by atomic mass is 9.96. The molecule has 0 saturated carbocycles. The van der Waals surface area contributed by atoms with Gasteiger partial charge in [-0.2, -0.15) is 0 Å². The van der Waals surface area contributed by atoms with Gasteiger partial charge in [0.2, 0.25) is 0 Å². The lowest BCUT2D eigenvalue weighted by molar-refractivity contribution is 0.397. The van der Waals surface area contributed by atoms with Gasteiger partial charge in [0.1, 0.15) is 0 Å². The molecule has 0 bridgehead atoms. The van der Waals surface area contributed by atoms with Gasteiger partial charge in [-0.3, -0.25) is 0 Å². The van der Waals surface area contributed by atoms with Crippen molar-refractivity contribution in [3.8, 4) is 0 Å². The van der Waals surface area contributed by atoms with Crippen molar-refractivity contribution in [3.05, 3.63) is 0 Å². The average molecular weight is 213 g/mol. The normalized spacial score (nSPS) is 13.0. The molecule has 0 fully saturated rings. The molecule has 0 rings (SSSR count). The van der Waals surface area contributed by atoms with Crippen LogP contribution in [0.25, 0.3) is 0 Å². The molecule has 1 N–H and O–H groups in total. The van der Waals surface area contributed by atoms with E-state index in [0.717, 1.165) is 5.92 Å². The van der Waals surface area contributed by atoms with Crippen LogP contribution in [0.3, 0.4) is 0 Å². The van der Waals surface area contributed by atoms with Gasteiger partial charge >= 0.3 is 0 Å². The molecule has 0 aliphatic heterocycles. The summed E-state index contributed by atoms with van der Waals surface area (Å²) in [5.74, 6) is 0.929. The van der Waals surface area contributed by atoms with E-state index in [1.165, 1.54) is 64.5 Å². The summed E-state index contributed by atoms with van der Waals surface area (Å²) in [6.07, 6.45) is 11.0. The van der Waals surface area contributed by atoms with Gasteiger partial charge in [0.05, 0.1) is 0 Å². The minimum atomic E-state index is 0.929. The van der Waals surface area contributed by atoms with Crippen LogP contribution in [0.1, 0.15) is 72.1 Å². The van der Waals surface area contributed by atoms with Crippen LogP contribution in [-0.4, -0.2) is 13.1 Å². The van der Waals surface area contributed by atoms with Crippen LogP contribution in [0.4, 0.5) is 0 Å². The van der Waals surface area contributed by atoms with Crippen LogP contribution < -0.4 is 5.32 Å². The molecule has 1 atom stereocenters. The molecule has 0 amide bonds. The first-order chi connectivity index (χ1) is 7.35. The van der Waals surface area contributed by atoms with Crippen LogP contribution in [0.15, 0.2) is 0 Å². The minimum Gasteiger partial charge on any atom is -0.316 e. The van der Waals surface area contributed by atoms with Crippen molar-refractivity contribution in [2.24, 2.45) is 5.92 Å². The Hall–Kier alpha value is -0.0400. The van der Waals surface area contributed by atoms with Gasteiger partial charge in [0.15, 0.2) is 0 Å². The van der Waals surface area contributed by atoms with E-state index in [0.29, 0.717) is 0 Å². The summed E-state index contributed by atoms with van der Waals surface area (Å²) in [4.78, 5) is 0. The highest BCUT2D eigenvalue weighted by Crippen LogP contribution is 2.14. The Morgan fingerprint density at radius 2 is 1.53 bits per heavy atom. The van der Waals surface area contributed by atoms with Crippen molar-refractivity contribution < 1.29 is 0 Å². The molecule has 0 aromatic rings. The van der Waals surface area contributed by atoms with Gasteiger partial charge in [-0.1, -0.05) is 52.9 Å². The maximum absolute atomic E-state index is 3.60. The number of nitrogens with one attached hydrogen (secondary N) is 1. The van der Waals surface area contributed by atoms with Crippen molar-refractivity contribution >= 4 is 0 Å². The fourth-order valence-corrected chi connectivity index (χ4v) is 2.05. The molecule has 0 saturated heterocycles. The number of hydrogen-bond donors (Lipinski definition) is 1. The largest absolute Gasteiger partial charge is 0.316 e. The minimum absolute atomic E-state index is 0.929. The zero-order valence-corrected chi connectivity index (χ0v) is 11.1. The lowest BCUT2D eigenvalue weighted by Gasteiger charge is -2.16. The monoisotopic (exact) mass is 213 g/mol. The van der Waals surface area contributed by atoms with Crippen molar-refractivity contribution in [2.75, 3.05) is 13.1 Å². The van der Waals surface area contributed by atoms with Crippen LogP contribution in [-0.2, 0) is 0 Å². The van der Waals surface area contributed by atoms with Gasteiger partial charge in [-0.25, -0.2) is 0 Å². The summed E-state index contributed by atoms with van der Waals surface area (Å²) in [6.45, 7) is 9.31. The second kappa shape index (κ2) is 12.0. The van der Waals surface area contributed by atoms with Crippen LogP contribution in [0.2, 0.25) is 0 Å². The molecule has 0 aromatic carbocycles. The van der Waals surface area contributed by atoms with Crippen molar-refractivity contribution in [2.45, 2.75) is 72.1 Å². The third-order valence-electron chi connectivity index (χ3n) is 3.05. The van der Waals surface area contributed by atoms with E-state index in [-0.39, 0.29) is 0 Å². The Morgan fingerprint density at radius 1 is 0.800 bits per heavy atom. The Balaban J connectivity index is 3.44. The smallest absolute Gasteiger partial charge is 0.00205 e. The molecular formula is C14H31N. The van der Waals surface area contributed by atoms with E-state index in [4.69, 9.17) is 0 Å². The van der Waals surface area contributed by atoms with E-state index < -0.39 is 0 Å². The summed E-state index contributed by atoms with van der Waals surface area (Å²) in [5, 5.41) is 3.60. The molecule has 0 aliphatic rings. The van der Waals surface area contributed by atoms with Gasteiger partial charge < -0.3 is 5.32 Å². The Morgan fingerprint density at radius 3 is 2.13 bits per heavy atom. The predicted molar refractivity (Wildman–Crippen MR) is 70.3 cm³/mol. The summed E-state index contributed by atoms with van der Waals surface area (Å²) >= 11 is 0. The summed E-state index contributed by atoms with van der Waals surface area (Å²) in [6, 6.07) is 0. The SMILES string of the molecule is CCCCCC(CCC)CNCCCC. The van der Waals surface area contributed by atoms with E-state index in [1.54, 1.807) is 0 Å². The quantitative estimate of drug-likeness (QED) is 0.502. The maximum Gasteiger partial charge on any atom is -0.00205 e. The highest BCUT2D eigenvalue weighted by atomic mass is 14.8. The van der Waals surface area contributed by atoms with Crippen LogP contribution in [0.5, 0.6) is 0 Å². The van der Waals surface area contributed by atoms with Crippen molar-refractivity contribution in [3.63, 3.8) is 0 Å². The molecule has 1 nitrogen and oxygen atoms in total. The molecule has 0 aliphatic carbocycles. The van der Waals surface area contributed by atoms with E-state index in [2.05, 4.69) is 26.1 Å². The van der Waals surface area contributed by atoms with Gasteiger partial charge in [-0.15, -0.1) is 0 Å². The fraction of sp³-hybridized carbons (Fsp3) is 1.00. The highest BCUT2D eigenvalue weighted by Gasteiger charge is 2.06. The van der Waals surface area contributed by atoms with E-state index in [9.17, 15) is 0 Å². The third-order valence-corrected chi connectivity index (χ3v) is 3.05. The van der Waals surface area contributed by atoms with E-state index >= 15 is 0 Å². The Labute approximate surface area is 97.0 Å². The molecule has 0 spiro atoms. The first-order valence-corrected chi connectivity index (χ1v) is 7.05. The van der Waals surface area contributed by atoms with E-state index in [1.807, 2.05) is 0 Å². The summed E-state index contributed by atoms with van der Waals surface area (Å²) in [7, 11) is 0. The molecule has 1 heteroatoms. The topological polar surface area (TPSA) is 12.0 Å². The van der Waals surface area contributed by atoms with Gasteiger partial charge in [0.25, 0.3) is 0 Å². The molecule has 15 heavy (non-hydrogen) atoms. The Bertz CT molecular complexity index is 112. The van der Waals surface area contributed by atoms with Gasteiger partial charge in [-0.05, 0) is 38.3 Å². The predicted octanol–water partition coefficient (Wildman–Crippen LogP) is 4.37. The average Bonchev–Trinajstić information content (AvgIpc) is 2.24. The third kappa shape index (κ3) is 10.2. The van der Waals surface area contributed by atoms with Crippen molar-refractivity contribution in [1.82, 2.24) is 5.32 Å². The molecule has 92 valence electrons. The fourth-order valence-electron chi connectivity index (χ4n) is 2.05. The number of rotatable bonds is 11. The molecule has 0 radical (unpaired) electrons. The lowest BCUT2D eigenvalue weighted by Crippen LogP contribution is -2.23. The Kier molecular flexibility index (Phi) is 12.0. The van der Waals surface area contributed by atoms with Crippen molar-refractivity contribution in [1.29, 1.82) is 0 Å². The van der Waals surface area contributed by atoms with Crippen LogP contribution in [0, 0.1) is 5.92 Å². The van der Waals surface area contributed by atoms with Gasteiger partial charge in [0, 0.05) is 0 Å². The maximum atomic E-state index is 3.60. The molecule has 1 unspecified atom stereocenters. The van der Waals surface area contributed by atoms with Crippen LogP contribution >= 0.6 is 0 Å². The molecular weight excluding hydrogens is 182 g/mol. The summed E-state index contributed by atoms with van der Waals surface area (Å²) in [5.41, 5.74) is 0. The first-order valence-electron chi connectivity index (χ1n) is 7.05. The second-order valence-electron chi connectivity index (χ2n) is 4.71.